The lowest BCUT2D eigenvalue weighted by atomic mass is 9.83. The quantitative estimate of drug-likeness (QED) is 0.543. The van der Waals surface area contributed by atoms with E-state index >= 15 is 0 Å². The summed E-state index contributed by atoms with van der Waals surface area (Å²) in [6.07, 6.45) is 2.51. The van der Waals surface area contributed by atoms with E-state index in [9.17, 15) is 4.39 Å². The Morgan fingerprint density at radius 3 is 3.17 bits per heavy atom. The van der Waals surface area contributed by atoms with Crippen LogP contribution in [0.5, 0.6) is 0 Å². The Morgan fingerprint density at radius 1 is 1.67 bits per heavy atom. The van der Waals surface area contributed by atoms with E-state index in [1.165, 1.54) is 0 Å². The molecule has 2 aliphatic heterocycles. The predicted octanol–water partition coefficient (Wildman–Crippen LogP) is 1.19. The largest absolute Gasteiger partial charge is 0.380 e. The first-order valence-electron chi connectivity index (χ1n) is 4.35. The van der Waals surface area contributed by atoms with Crippen molar-refractivity contribution in [2.75, 3.05) is 33.4 Å². The fraction of sp³-hybridized carbons (Fsp3) is 0.778. The van der Waals surface area contributed by atoms with Gasteiger partial charge in [-0.25, -0.2) is 4.39 Å². The van der Waals surface area contributed by atoms with Crippen LogP contribution in [-0.4, -0.2) is 38.3 Å². The Morgan fingerprint density at radius 2 is 2.50 bits per heavy atom. The van der Waals surface area contributed by atoms with Crippen molar-refractivity contribution in [2.45, 2.75) is 6.42 Å². The van der Waals surface area contributed by atoms with Crippen LogP contribution in [0.2, 0.25) is 0 Å². The van der Waals surface area contributed by atoms with E-state index in [2.05, 4.69) is 4.90 Å². The zero-order valence-corrected chi connectivity index (χ0v) is 7.35. The molecule has 0 amide bonds. The van der Waals surface area contributed by atoms with Crippen LogP contribution in [0.4, 0.5) is 4.39 Å². The van der Waals surface area contributed by atoms with E-state index in [1.807, 2.05) is 7.05 Å². The highest BCUT2D eigenvalue weighted by atomic mass is 19.1. The lowest BCUT2D eigenvalue weighted by Gasteiger charge is -2.34. The highest BCUT2D eigenvalue weighted by molar-refractivity contribution is 5.14. The number of halogens is 1. The third-order valence-electron chi connectivity index (χ3n) is 2.76. The van der Waals surface area contributed by atoms with Crippen molar-refractivity contribution in [1.82, 2.24) is 4.90 Å². The molecule has 0 aromatic carbocycles. The van der Waals surface area contributed by atoms with Crippen LogP contribution < -0.4 is 0 Å². The van der Waals surface area contributed by atoms with Crippen LogP contribution in [0.3, 0.4) is 0 Å². The first-order valence-corrected chi connectivity index (χ1v) is 4.35. The fourth-order valence-electron chi connectivity index (χ4n) is 2.03. The van der Waals surface area contributed by atoms with E-state index in [0.29, 0.717) is 13.2 Å². The topological polar surface area (TPSA) is 12.5 Å². The predicted molar refractivity (Wildman–Crippen MR) is 44.6 cm³/mol. The molecule has 0 radical (unpaired) electrons. The molecule has 2 nitrogen and oxygen atoms in total. The second kappa shape index (κ2) is 2.82. The molecule has 0 aliphatic carbocycles. The Labute approximate surface area is 72.0 Å². The average molecular weight is 171 g/mol. The van der Waals surface area contributed by atoms with Crippen LogP contribution in [0.25, 0.3) is 0 Å². The van der Waals surface area contributed by atoms with Gasteiger partial charge < -0.3 is 9.64 Å². The standard InChI is InChI=1S/C9H14FNO/c1-11-4-2-8(10)9(6-11)3-5-12-7-9/h2H,3-7H2,1H3/t9-/m0/s1. The third-order valence-corrected chi connectivity index (χ3v) is 2.76. The Hall–Kier alpha value is -0.410. The lowest BCUT2D eigenvalue weighted by Crippen LogP contribution is -2.40. The normalized spacial score (nSPS) is 37.3. The zero-order valence-electron chi connectivity index (χ0n) is 7.35. The molecular formula is C9H14FNO. The van der Waals surface area contributed by atoms with Gasteiger partial charge in [0.1, 0.15) is 5.83 Å². The summed E-state index contributed by atoms with van der Waals surface area (Å²) in [6.45, 7) is 2.79. The maximum absolute atomic E-state index is 13.5. The summed E-state index contributed by atoms with van der Waals surface area (Å²) in [6, 6.07) is 0. The summed E-state index contributed by atoms with van der Waals surface area (Å²) in [5.41, 5.74) is -0.299. The summed E-state index contributed by atoms with van der Waals surface area (Å²) in [4.78, 5) is 2.14. The molecule has 2 rings (SSSR count). The number of ether oxygens (including phenoxy) is 1. The van der Waals surface area contributed by atoms with E-state index in [0.717, 1.165) is 19.5 Å². The molecule has 1 saturated heterocycles. The molecule has 0 aromatic heterocycles. The van der Waals surface area contributed by atoms with Crippen LogP contribution in [0, 0.1) is 5.41 Å². The van der Waals surface area contributed by atoms with Crippen LogP contribution in [-0.2, 0) is 4.74 Å². The zero-order chi connectivity index (χ0) is 8.60. The molecular weight excluding hydrogens is 157 g/mol. The van der Waals surface area contributed by atoms with E-state index in [-0.39, 0.29) is 11.2 Å². The Balaban J connectivity index is 2.22. The van der Waals surface area contributed by atoms with E-state index < -0.39 is 0 Å². The van der Waals surface area contributed by atoms with Crippen molar-refractivity contribution >= 4 is 0 Å². The fourth-order valence-corrected chi connectivity index (χ4v) is 2.03. The second-order valence-electron chi connectivity index (χ2n) is 3.83. The van der Waals surface area contributed by atoms with Gasteiger partial charge in [-0.2, -0.15) is 0 Å². The minimum absolute atomic E-state index is 0.0399. The molecule has 1 fully saturated rings. The number of likely N-dealkylation sites (N-methyl/N-ethyl adjacent to an activating group) is 1. The molecule has 0 bridgehead atoms. The number of rotatable bonds is 0. The van der Waals surface area contributed by atoms with Crippen molar-refractivity contribution in [3.63, 3.8) is 0 Å². The molecule has 2 aliphatic rings. The SMILES string of the molecule is CN1CC=C(F)[C@@]2(CCOC2)C1. The molecule has 0 N–H and O–H groups in total. The highest BCUT2D eigenvalue weighted by Gasteiger charge is 2.41. The highest BCUT2D eigenvalue weighted by Crippen LogP contribution is 2.39. The van der Waals surface area contributed by atoms with Gasteiger partial charge in [0.15, 0.2) is 0 Å². The van der Waals surface area contributed by atoms with Gasteiger partial charge >= 0.3 is 0 Å². The van der Waals surface area contributed by atoms with Crippen molar-refractivity contribution in [3.05, 3.63) is 11.9 Å². The van der Waals surface area contributed by atoms with Gasteiger partial charge in [-0.3, -0.25) is 0 Å². The maximum atomic E-state index is 13.5. The summed E-state index contributed by atoms with van der Waals surface area (Å²) in [5.74, 6) is 0.0399. The second-order valence-corrected chi connectivity index (χ2v) is 3.83. The number of hydrogen-bond donors (Lipinski definition) is 0. The molecule has 68 valence electrons. The van der Waals surface area contributed by atoms with Crippen molar-refractivity contribution in [2.24, 2.45) is 5.41 Å². The summed E-state index contributed by atoms with van der Waals surface area (Å²) >= 11 is 0. The Kier molecular flexibility index (Phi) is 1.93. The lowest BCUT2D eigenvalue weighted by molar-refractivity contribution is 0.121. The molecule has 0 aromatic rings. The Bertz CT molecular complexity index is 209. The minimum Gasteiger partial charge on any atom is -0.380 e. The molecule has 1 spiro atoms. The third kappa shape index (κ3) is 1.17. The molecule has 0 unspecified atom stereocenters. The maximum Gasteiger partial charge on any atom is 0.107 e. The van der Waals surface area contributed by atoms with Gasteiger partial charge in [0.05, 0.1) is 12.0 Å². The number of nitrogens with zero attached hydrogens (tertiary/aromatic N) is 1. The number of hydrogen-bond acceptors (Lipinski definition) is 2. The van der Waals surface area contributed by atoms with Crippen molar-refractivity contribution in [1.29, 1.82) is 0 Å². The molecule has 0 saturated carbocycles. The van der Waals surface area contributed by atoms with Gasteiger partial charge in [-0.15, -0.1) is 0 Å². The summed E-state index contributed by atoms with van der Waals surface area (Å²) in [5, 5.41) is 0. The summed E-state index contributed by atoms with van der Waals surface area (Å²) < 4.78 is 18.7. The van der Waals surface area contributed by atoms with Crippen molar-refractivity contribution in [3.8, 4) is 0 Å². The van der Waals surface area contributed by atoms with Gasteiger partial charge in [-0.1, -0.05) is 0 Å². The van der Waals surface area contributed by atoms with Gasteiger partial charge in [-0.05, 0) is 19.5 Å². The van der Waals surface area contributed by atoms with E-state index in [1.54, 1.807) is 6.08 Å². The van der Waals surface area contributed by atoms with Gasteiger partial charge in [0.25, 0.3) is 0 Å². The average Bonchev–Trinajstić information content (AvgIpc) is 2.48. The monoisotopic (exact) mass is 171 g/mol. The van der Waals surface area contributed by atoms with E-state index in [4.69, 9.17) is 4.74 Å². The van der Waals surface area contributed by atoms with Gasteiger partial charge in [0, 0.05) is 19.7 Å². The molecule has 1 atom stereocenters. The summed E-state index contributed by atoms with van der Waals surface area (Å²) in [7, 11) is 2.02. The van der Waals surface area contributed by atoms with Gasteiger partial charge in [0.2, 0.25) is 0 Å². The van der Waals surface area contributed by atoms with Crippen LogP contribution in [0.15, 0.2) is 11.9 Å². The van der Waals surface area contributed by atoms with Crippen LogP contribution in [0.1, 0.15) is 6.42 Å². The van der Waals surface area contributed by atoms with Crippen LogP contribution >= 0.6 is 0 Å². The first kappa shape index (κ1) is 8.20. The molecule has 2 heterocycles. The smallest absolute Gasteiger partial charge is 0.107 e. The van der Waals surface area contributed by atoms with Crippen molar-refractivity contribution < 1.29 is 9.13 Å². The molecule has 12 heavy (non-hydrogen) atoms. The minimum atomic E-state index is -0.299. The first-order chi connectivity index (χ1) is 5.73. The molecule has 3 heteroatoms.